The maximum absolute atomic E-state index is 10.2. The van der Waals surface area contributed by atoms with E-state index in [9.17, 15) is 4.79 Å². The van der Waals surface area contributed by atoms with Gasteiger partial charge in [0.15, 0.2) is 0 Å². The van der Waals surface area contributed by atoms with E-state index in [0.717, 1.165) is 13.0 Å². The van der Waals surface area contributed by atoms with Crippen molar-refractivity contribution in [2.75, 3.05) is 6.54 Å². The second-order valence-corrected chi connectivity index (χ2v) is 3.00. The average Bonchev–Trinajstić information content (AvgIpc) is 1.96. The van der Waals surface area contributed by atoms with Gasteiger partial charge in [0.2, 0.25) is 0 Å². The van der Waals surface area contributed by atoms with E-state index < -0.39 is 0 Å². The predicted molar refractivity (Wildman–Crippen MR) is 49.7 cm³/mol. The molecule has 0 bridgehead atoms. The lowest BCUT2D eigenvalue weighted by Gasteiger charge is -1.99. The van der Waals surface area contributed by atoms with E-state index in [0.29, 0.717) is 0 Å². The molecule has 65 valence electrons. The van der Waals surface area contributed by atoms with Crippen molar-refractivity contribution in [3.63, 3.8) is 0 Å². The van der Waals surface area contributed by atoms with Crippen LogP contribution in [0.1, 0.15) is 39.0 Å². The van der Waals surface area contributed by atoms with Crippen molar-refractivity contribution in [2.24, 2.45) is 0 Å². The Morgan fingerprint density at radius 2 is 1.91 bits per heavy atom. The van der Waals surface area contributed by atoms with Crippen molar-refractivity contribution < 1.29 is 4.79 Å². The highest BCUT2D eigenvalue weighted by atomic mass is 32.1. The minimum atomic E-state index is -0.333. The minimum absolute atomic E-state index is 0.333. The molecular formula is C8H16NOS. The molecule has 3 heteroatoms. The summed E-state index contributed by atoms with van der Waals surface area (Å²) >= 11 is 4.33. The summed E-state index contributed by atoms with van der Waals surface area (Å²) in [4.78, 5) is 10.2. The van der Waals surface area contributed by atoms with E-state index in [4.69, 9.17) is 0 Å². The van der Waals surface area contributed by atoms with Crippen molar-refractivity contribution in [3.8, 4) is 0 Å². The van der Waals surface area contributed by atoms with Crippen LogP contribution in [0.25, 0.3) is 0 Å². The maximum Gasteiger partial charge on any atom is 0.310 e. The van der Waals surface area contributed by atoms with E-state index in [2.05, 4.69) is 24.9 Å². The Morgan fingerprint density at radius 3 is 2.45 bits per heavy atom. The van der Waals surface area contributed by atoms with Gasteiger partial charge in [-0.3, -0.25) is 4.79 Å². The highest BCUT2D eigenvalue weighted by molar-refractivity contribution is 7.96. The molecule has 0 aliphatic carbocycles. The van der Waals surface area contributed by atoms with Gasteiger partial charge in [0.1, 0.15) is 0 Å². The van der Waals surface area contributed by atoms with Crippen LogP contribution in [0.4, 0.5) is 4.79 Å². The molecule has 0 atom stereocenters. The smallest absolute Gasteiger partial charge is 0.310 e. The molecule has 0 fully saturated rings. The van der Waals surface area contributed by atoms with Gasteiger partial charge in [-0.05, 0) is 19.0 Å². The molecule has 0 unspecified atom stereocenters. The van der Waals surface area contributed by atoms with Gasteiger partial charge in [0, 0.05) is 6.54 Å². The summed E-state index contributed by atoms with van der Waals surface area (Å²) in [6.45, 7) is 2.93. The fraction of sp³-hybridized carbons (Fsp3) is 0.875. The van der Waals surface area contributed by atoms with Gasteiger partial charge in [-0.15, -0.1) is 0 Å². The summed E-state index contributed by atoms with van der Waals surface area (Å²) < 4.78 is 0. The number of hydrogen-bond donors (Lipinski definition) is 1. The van der Waals surface area contributed by atoms with Crippen LogP contribution >= 0.6 is 12.6 Å². The molecule has 0 rings (SSSR count). The Morgan fingerprint density at radius 1 is 1.27 bits per heavy atom. The van der Waals surface area contributed by atoms with Gasteiger partial charge >= 0.3 is 5.24 Å². The minimum Gasteiger partial charge on any atom is -0.343 e. The van der Waals surface area contributed by atoms with Gasteiger partial charge in [0.05, 0.1) is 0 Å². The van der Waals surface area contributed by atoms with Gasteiger partial charge < -0.3 is 5.32 Å². The Hall–Kier alpha value is -0.310. The Kier molecular flexibility index (Phi) is 7.57. The second kappa shape index (κ2) is 7.79. The number of hydrogen-bond acceptors (Lipinski definition) is 1. The Balaban J connectivity index is 2.85. The largest absolute Gasteiger partial charge is 0.343 e. The average molecular weight is 174 g/mol. The fourth-order valence-electron chi connectivity index (χ4n) is 0.919. The number of amides is 1. The third kappa shape index (κ3) is 9.69. The third-order valence-corrected chi connectivity index (χ3v) is 1.69. The normalized spacial score (nSPS) is 9.55. The number of rotatable bonds is 6. The lowest BCUT2D eigenvalue weighted by atomic mass is 10.1. The first-order valence-corrected chi connectivity index (χ1v) is 4.63. The summed E-state index contributed by atoms with van der Waals surface area (Å²) in [6.07, 6.45) is 6.07. The van der Waals surface area contributed by atoms with E-state index in [1.54, 1.807) is 0 Å². The first-order valence-electron chi connectivity index (χ1n) is 4.22. The standard InChI is InChI=1S/C8H16NOS/c1-2-3-4-5-6-7-9-8(10)11/h2-7H2,1H3,(H,9,10). The number of carbonyl (C=O) groups is 1. The molecule has 0 spiro atoms. The van der Waals surface area contributed by atoms with E-state index in [-0.39, 0.29) is 5.24 Å². The molecule has 11 heavy (non-hydrogen) atoms. The molecule has 0 aromatic heterocycles. The highest BCUT2D eigenvalue weighted by Crippen LogP contribution is 2.00. The summed E-state index contributed by atoms with van der Waals surface area (Å²) in [5.41, 5.74) is 0. The van der Waals surface area contributed by atoms with Crippen LogP contribution in [0.15, 0.2) is 0 Å². The zero-order chi connectivity index (χ0) is 8.53. The topological polar surface area (TPSA) is 29.1 Å². The summed E-state index contributed by atoms with van der Waals surface area (Å²) in [5, 5.41) is 2.27. The molecule has 0 aliphatic heterocycles. The van der Waals surface area contributed by atoms with Crippen LogP contribution in [-0.2, 0) is 0 Å². The molecule has 0 saturated carbocycles. The summed E-state index contributed by atoms with van der Waals surface area (Å²) in [7, 11) is 0. The number of nitrogens with one attached hydrogen (secondary N) is 1. The van der Waals surface area contributed by atoms with E-state index in [1.807, 2.05) is 0 Å². The third-order valence-electron chi connectivity index (χ3n) is 1.55. The molecule has 0 saturated heterocycles. The van der Waals surface area contributed by atoms with Crippen molar-refractivity contribution in [2.45, 2.75) is 39.0 Å². The van der Waals surface area contributed by atoms with Crippen molar-refractivity contribution in [1.82, 2.24) is 5.32 Å². The zero-order valence-corrected chi connectivity index (χ0v) is 7.88. The molecule has 2 nitrogen and oxygen atoms in total. The zero-order valence-electron chi connectivity index (χ0n) is 7.06. The number of unbranched alkanes of at least 4 members (excludes halogenated alkanes) is 4. The van der Waals surface area contributed by atoms with Gasteiger partial charge in [0.25, 0.3) is 0 Å². The molecular weight excluding hydrogens is 158 g/mol. The van der Waals surface area contributed by atoms with Crippen molar-refractivity contribution in [3.05, 3.63) is 0 Å². The monoisotopic (exact) mass is 174 g/mol. The van der Waals surface area contributed by atoms with Crippen LogP contribution in [0.3, 0.4) is 0 Å². The quantitative estimate of drug-likeness (QED) is 0.616. The molecule has 0 aromatic carbocycles. The second-order valence-electron chi connectivity index (χ2n) is 2.63. The van der Waals surface area contributed by atoms with Crippen LogP contribution in [0.2, 0.25) is 0 Å². The van der Waals surface area contributed by atoms with Crippen molar-refractivity contribution >= 4 is 17.9 Å². The SMILES string of the molecule is CCCCCCCNC(=O)[S]. The lowest BCUT2D eigenvalue weighted by molar-refractivity contribution is 0.261. The molecule has 0 aromatic rings. The van der Waals surface area contributed by atoms with E-state index in [1.165, 1.54) is 25.7 Å². The van der Waals surface area contributed by atoms with Crippen LogP contribution in [-0.4, -0.2) is 11.8 Å². The number of carbonyl (C=O) groups excluding carboxylic acids is 1. The fourth-order valence-corrected chi connectivity index (χ4v) is 1.02. The maximum atomic E-state index is 10.2. The van der Waals surface area contributed by atoms with Crippen LogP contribution in [0, 0.1) is 0 Å². The Bertz CT molecular complexity index is 106. The van der Waals surface area contributed by atoms with Crippen LogP contribution < -0.4 is 5.32 Å². The molecule has 1 amide bonds. The van der Waals surface area contributed by atoms with Gasteiger partial charge in [-0.2, -0.15) is 0 Å². The highest BCUT2D eigenvalue weighted by Gasteiger charge is 1.92. The molecule has 1 radical (unpaired) electrons. The molecule has 1 N–H and O–H groups in total. The van der Waals surface area contributed by atoms with Crippen LogP contribution in [0.5, 0.6) is 0 Å². The summed E-state index contributed by atoms with van der Waals surface area (Å²) in [5.74, 6) is 0. The molecule has 0 heterocycles. The van der Waals surface area contributed by atoms with E-state index >= 15 is 0 Å². The lowest BCUT2D eigenvalue weighted by Crippen LogP contribution is -2.17. The van der Waals surface area contributed by atoms with Gasteiger partial charge in [-0.25, -0.2) is 0 Å². The van der Waals surface area contributed by atoms with Crippen molar-refractivity contribution in [1.29, 1.82) is 0 Å². The predicted octanol–water partition coefficient (Wildman–Crippen LogP) is 2.86. The first kappa shape index (κ1) is 10.7. The summed E-state index contributed by atoms with van der Waals surface area (Å²) in [6, 6.07) is 0. The Labute approximate surface area is 74.2 Å². The first-order chi connectivity index (χ1) is 5.27. The van der Waals surface area contributed by atoms with Gasteiger partial charge in [-0.1, -0.05) is 32.6 Å². The molecule has 0 aliphatic rings.